The van der Waals surface area contributed by atoms with Gasteiger partial charge >= 0.3 is 5.69 Å². The smallest absolute Gasteiger partial charge is 0.306 e. The Morgan fingerprint density at radius 3 is 2.65 bits per heavy atom. The molecule has 0 aliphatic carbocycles. The number of allylic oxidation sites excluding steroid dienone is 1. The second-order valence-corrected chi connectivity index (χ2v) is 4.55. The maximum Gasteiger partial charge on any atom is 0.323 e. The van der Waals surface area contributed by atoms with Gasteiger partial charge in [-0.15, -0.1) is 11.6 Å². The Hall–Kier alpha value is -1.33. The Morgan fingerprint density at radius 1 is 1.35 bits per heavy atom. The van der Waals surface area contributed by atoms with Crippen LogP contribution in [0, 0.1) is 0 Å². The number of aromatic nitrogens is 2. The number of halogens is 2. The molecule has 0 saturated heterocycles. The predicted octanol–water partition coefficient (Wildman–Crippen LogP) is 2.44. The molecule has 1 aromatic heterocycles. The molecule has 2 aromatic rings. The van der Waals surface area contributed by atoms with Crippen molar-refractivity contribution in [3.63, 3.8) is 0 Å². The molecule has 0 atom stereocenters. The van der Waals surface area contributed by atoms with E-state index in [1.54, 1.807) is 18.2 Å². The highest BCUT2D eigenvalue weighted by Gasteiger charge is 2.03. The number of nitrogens with one attached hydrogen (secondary N) is 2. The fourth-order valence-electron chi connectivity index (χ4n) is 1.43. The van der Waals surface area contributed by atoms with Crippen LogP contribution in [0.4, 0.5) is 0 Å². The summed E-state index contributed by atoms with van der Waals surface area (Å²) in [6.07, 6.45) is 3.06. The van der Waals surface area contributed by atoms with Crippen molar-refractivity contribution in [2.75, 3.05) is 5.88 Å². The van der Waals surface area contributed by atoms with Crippen molar-refractivity contribution in [2.24, 2.45) is 0 Å². The Kier molecular flexibility index (Phi) is 3.49. The minimum absolute atomic E-state index is 0.0443. The summed E-state index contributed by atoms with van der Waals surface area (Å²) in [6, 6.07) is 3.55. The summed E-state index contributed by atoms with van der Waals surface area (Å²) < 4.78 is 0.791. The highest BCUT2D eigenvalue weighted by molar-refractivity contribution is 9.10. The SMILES string of the molecule is O=C(C=Cc1cc2[nH]c(=O)[nH]c2cc1Br)CCl. The number of H-pyrrole nitrogens is 2. The van der Waals surface area contributed by atoms with Gasteiger partial charge in [0.2, 0.25) is 0 Å². The number of rotatable bonds is 3. The highest BCUT2D eigenvalue weighted by Crippen LogP contribution is 2.22. The van der Waals surface area contributed by atoms with Gasteiger partial charge in [-0.25, -0.2) is 4.79 Å². The molecular weight excluding hydrogens is 307 g/mol. The number of carbonyl (C=O) groups excluding carboxylic acids is 1. The Labute approximate surface area is 110 Å². The number of ketones is 1. The van der Waals surface area contributed by atoms with E-state index in [1.807, 2.05) is 0 Å². The standard InChI is InChI=1S/C11H8BrClN2O2/c12-8-4-10-9(14-11(17)15-10)3-6(8)1-2-7(16)5-13/h1-4H,5H2,(H2,14,15,17). The molecule has 6 heteroatoms. The van der Waals surface area contributed by atoms with Crippen molar-refractivity contribution in [2.45, 2.75) is 0 Å². The van der Waals surface area contributed by atoms with E-state index in [2.05, 4.69) is 25.9 Å². The zero-order valence-corrected chi connectivity index (χ0v) is 10.9. The van der Waals surface area contributed by atoms with Gasteiger partial charge in [0.1, 0.15) is 0 Å². The maximum atomic E-state index is 11.1. The van der Waals surface area contributed by atoms with Gasteiger partial charge < -0.3 is 9.97 Å². The van der Waals surface area contributed by atoms with E-state index >= 15 is 0 Å². The van der Waals surface area contributed by atoms with Crippen LogP contribution >= 0.6 is 27.5 Å². The fourth-order valence-corrected chi connectivity index (χ4v) is 1.99. The summed E-state index contributed by atoms with van der Waals surface area (Å²) in [5.41, 5.74) is 1.94. The Balaban J connectivity index is 2.47. The summed E-state index contributed by atoms with van der Waals surface area (Å²) in [6.45, 7) is 0. The van der Waals surface area contributed by atoms with Gasteiger partial charge in [-0.3, -0.25) is 4.79 Å². The van der Waals surface area contributed by atoms with Crippen molar-refractivity contribution in [1.29, 1.82) is 0 Å². The lowest BCUT2D eigenvalue weighted by Gasteiger charge is -1.98. The molecule has 2 rings (SSSR count). The van der Waals surface area contributed by atoms with E-state index in [9.17, 15) is 9.59 Å². The zero-order chi connectivity index (χ0) is 12.4. The van der Waals surface area contributed by atoms with Crippen LogP contribution < -0.4 is 5.69 Å². The van der Waals surface area contributed by atoms with E-state index in [0.29, 0.717) is 11.0 Å². The topological polar surface area (TPSA) is 65.7 Å². The van der Waals surface area contributed by atoms with Crippen molar-refractivity contribution < 1.29 is 4.79 Å². The first-order valence-electron chi connectivity index (χ1n) is 4.78. The van der Waals surface area contributed by atoms with Crippen molar-refractivity contribution in [1.82, 2.24) is 9.97 Å². The number of carbonyl (C=O) groups is 1. The van der Waals surface area contributed by atoms with Gasteiger partial charge in [0.05, 0.1) is 16.9 Å². The number of fused-ring (bicyclic) bond motifs is 1. The fraction of sp³-hybridized carbons (Fsp3) is 0.0909. The summed E-state index contributed by atoms with van der Waals surface area (Å²) in [5, 5.41) is 0. The quantitative estimate of drug-likeness (QED) is 0.675. The molecule has 2 N–H and O–H groups in total. The molecule has 0 amide bonds. The molecule has 0 unspecified atom stereocenters. The van der Waals surface area contributed by atoms with E-state index in [-0.39, 0.29) is 17.4 Å². The van der Waals surface area contributed by atoms with Crippen LogP contribution in [0.5, 0.6) is 0 Å². The van der Waals surface area contributed by atoms with Gasteiger partial charge in [-0.05, 0) is 23.8 Å². The van der Waals surface area contributed by atoms with Crippen LogP contribution in [0.25, 0.3) is 17.1 Å². The number of hydrogen-bond acceptors (Lipinski definition) is 2. The molecule has 0 saturated carbocycles. The number of imidazole rings is 1. The number of aromatic amines is 2. The molecule has 1 heterocycles. The van der Waals surface area contributed by atoms with Crippen LogP contribution in [0.3, 0.4) is 0 Å². The maximum absolute atomic E-state index is 11.1. The van der Waals surface area contributed by atoms with E-state index in [0.717, 1.165) is 10.0 Å². The number of hydrogen-bond donors (Lipinski definition) is 2. The van der Waals surface area contributed by atoms with E-state index in [1.165, 1.54) is 6.08 Å². The molecule has 0 spiro atoms. The van der Waals surface area contributed by atoms with Gasteiger partial charge in [0, 0.05) is 4.47 Å². The first-order valence-corrected chi connectivity index (χ1v) is 6.11. The summed E-state index contributed by atoms with van der Waals surface area (Å²) in [7, 11) is 0. The second-order valence-electron chi connectivity index (χ2n) is 3.43. The summed E-state index contributed by atoms with van der Waals surface area (Å²) in [4.78, 5) is 27.5. The number of alkyl halides is 1. The van der Waals surface area contributed by atoms with Crippen LogP contribution in [0.15, 0.2) is 27.5 Å². The molecule has 0 radical (unpaired) electrons. The lowest BCUT2D eigenvalue weighted by atomic mass is 10.2. The highest BCUT2D eigenvalue weighted by atomic mass is 79.9. The molecule has 4 nitrogen and oxygen atoms in total. The molecule has 0 aliphatic heterocycles. The van der Waals surface area contributed by atoms with Gasteiger partial charge in [0.15, 0.2) is 5.78 Å². The van der Waals surface area contributed by atoms with Crippen molar-refractivity contribution >= 4 is 50.4 Å². The summed E-state index contributed by atoms with van der Waals surface area (Å²) in [5.74, 6) is -0.210. The lowest BCUT2D eigenvalue weighted by Crippen LogP contribution is -1.99. The molecule has 0 fully saturated rings. The van der Waals surface area contributed by atoms with Crippen LogP contribution in [-0.2, 0) is 4.79 Å². The minimum Gasteiger partial charge on any atom is -0.306 e. The molecule has 1 aromatic carbocycles. The Bertz CT molecular complexity index is 657. The normalized spacial score (nSPS) is 11.4. The van der Waals surface area contributed by atoms with Crippen molar-refractivity contribution in [3.05, 3.63) is 38.7 Å². The van der Waals surface area contributed by atoms with Gasteiger partial charge in [-0.2, -0.15) is 0 Å². The second kappa shape index (κ2) is 4.89. The Morgan fingerprint density at radius 2 is 2.00 bits per heavy atom. The largest absolute Gasteiger partial charge is 0.323 e. The third kappa shape index (κ3) is 2.68. The van der Waals surface area contributed by atoms with E-state index in [4.69, 9.17) is 11.6 Å². The van der Waals surface area contributed by atoms with Gasteiger partial charge in [0.25, 0.3) is 0 Å². The number of benzene rings is 1. The monoisotopic (exact) mass is 314 g/mol. The molecule has 0 bridgehead atoms. The predicted molar refractivity (Wildman–Crippen MR) is 71.4 cm³/mol. The zero-order valence-electron chi connectivity index (χ0n) is 8.59. The van der Waals surface area contributed by atoms with Gasteiger partial charge in [-0.1, -0.05) is 22.0 Å². The molecule has 17 heavy (non-hydrogen) atoms. The average Bonchev–Trinajstić information content (AvgIpc) is 2.64. The lowest BCUT2D eigenvalue weighted by molar-refractivity contribution is -0.112. The first kappa shape index (κ1) is 12.1. The molecule has 88 valence electrons. The van der Waals surface area contributed by atoms with E-state index < -0.39 is 0 Å². The first-order chi connectivity index (χ1) is 8.10. The third-order valence-electron chi connectivity index (χ3n) is 2.21. The molecular formula is C11H8BrClN2O2. The molecule has 0 aliphatic rings. The summed E-state index contributed by atoms with van der Waals surface area (Å²) >= 11 is 8.76. The van der Waals surface area contributed by atoms with Crippen LogP contribution in [0.2, 0.25) is 0 Å². The minimum atomic E-state index is -0.259. The van der Waals surface area contributed by atoms with Crippen molar-refractivity contribution in [3.8, 4) is 0 Å². The third-order valence-corrected chi connectivity index (χ3v) is 3.16. The average molecular weight is 316 g/mol. The van der Waals surface area contributed by atoms with Crippen LogP contribution in [-0.4, -0.2) is 21.6 Å². The van der Waals surface area contributed by atoms with Crippen LogP contribution in [0.1, 0.15) is 5.56 Å².